The lowest BCUT2D eigenvalue weighted by atomic mass is 9.96. The van der Waals surface area contributed by atoms with Crippen molar-refractivity contribution < 1.29 is 4.79 Å². The molecule has 0 unspecified atom stereocenters. The lowest BCUT2D eigenvalue weighted by Crippen LogP contribution is -2.19. The maximum atomic E-state index is 13.3. The summed E-state index contributed by atoms with van der Waals surface area (Å²) in [7, 11) is 0. The number of aryl methyl sites for hydroxylation is 1. The number of amides is 1. The highest BCUT2D eigenvalue weighted by Crippen LogP contribution is 2.40. The minimum atomic E-state index is -0.380. The molecule has 5 heteroatoms. The van der Waals surface area contributed by atoms with E-state index in [4.69, 9.17) is 0 Å². The van der Waals surface area contributed by atoms with Crippen molar-refractivity contribution in [1.29, 1.82) is 5.26 Å². The van der Waals surface area contributed by atoms with E-state index in [1.54, 1.807) is 11.3 Å². The fourth-order valence-corrected chi connectivity index (χ4v) is 5.77. The Labute approximate surface area is 173 Å². The summed E-state index contributed by atoms with van der Waals surface area (Å²) in [5, 5.41) is 13.1. The van der Waals surface area contributed by atoms with Crippen molar-refractivity contribution in [1.82, 2.24) is 0 Å². The number of nitrogens with one attached hydrogen (secondary N) is 1. The molecule has 0 aliphatic heterocycles. The largest absolute Gasteiger partial charge is 0.315 e. The number of hydrogen-bond donors (Lipinski definition) is 1. The number of hydrogen-bond acceptors (Lipinski definition) is 4. The van der Waals surface area contributed by atoms with Crippen molar-refractivity contribution in [2.75, 3.05) is 5.32 Å². The van der Waals surface area contributed by atoms with Crippen molar-refractivity contribution >= 4 is 34.0 Å². The highest BCUT2D eigenvalue weighted by atomic mass is 32.2. The van der Waals surface area contributed by atoms with E-state index in [-0.39, 0.29) is 11.2 Å². The van der Waals surface area contributed by atoms with E-state index in [2.05, 4.69) is 11.4 Å². The van der Waals surface area contributed by atoms with Crippen LogP contribution in [0, 0.1) is 11.3 Å². The molecule has 1 aliphatic rings. The van der Waals surface area contributed by atoms with Gasteiger partial charge in [0.05, 0.1) is 5.56 Å². The average Bonchev–Trinajstić information content (AvgIpc) is 3.10. The number of thioether (sulfide) groups is 1. The van der Waals surface area contributed by atoms with Gasteiger partial charge in [-0.3, -0.25) is 4.79 Å². The summed E-state index contributed by atoms with van der Waals surface area (Å²) in [6.45, 7) is 0. The van der Waals surface area contributed by atoms with E-state index in [1.165, 1.54) is 16.6 Å². The lowest BCUT2D eigenvalue weighted by molar-refractivity contribution is -0.115. The summed E-state index contributed by atoms with van der Waals surface area (Å²) in [5.74, 6) is -0.0878. The first-order valence-corrected chi connectivity index (χ1v) is 11.1. The third-order valence-electron chi connectivity index (χ3n) is 4.86. The van der Waals surface area contributed by atoms with Gasteiger partial charge in [-0.1, -0.05) is 48.5 Å². The van der Waals surface area contributed by atoms with E-state index in [0.29, 0.717) is 10.6 Å². The molecule has 1 heterocycles. The van der Waals surface area contributed by atoms with Gasteiger partial charge >= 0.3 is 0 Å². The first-order chi connectivity index (χ1) is 13.8. The standard InChI is InChI=1S/C23H20N2OS2/c24-15-19-18-13-7-8-14-20(18)28-23(19)25-22(26)21(16-9-3-1-4-10-16)27-17-11-5-2-6-12-17/h1-6,9-12,21H,7-8,13-14H2,(H,25,26)/t21-/m0/s1. The van der Waals surface area contributed by atoms with Crippen molar-refractivity contribution in [2.24, 2.45) is 0 Å². The Bertz CT molecular complexity index is 1010. The van der Waals surface area contributed by atoms with Gasteiger partial charge in [-0.05, 0) is 48.9 Å². The molecule has 1 atom stereocenters. The van der Waals surface area contributed by atoms with Gasteiger partial charge in [0.15, 0.2) is 0 Å². The number of anilines is 1. The van der Waals surface area contributed by atoms with E-state index >= 15 is 0 Å². The molecule has 0 radical (unpaired) electrons. The second kappa shape index (κ2) is 8.64. The van der Waals surface area contributed by atoms with Crippen molar-refractivity contribution in [2.45, 2.75) is 35.8 Å². The molecule has 0 saturated heterocycles. The SMILES string of the molecule is N#Cc1c(NC(=O)[C@@H](Sc2ccccc2)c2ccccc2)sc2c1CCCC2. The molecular formula is C23H20N2OS2. The zero-order valence-corrected chi connectivity index (χ0v) is 17.0. The molecule has 2 aromatic carbocycles. The number of nitriles is 1. The number of fused-ring (bicyclic) bond motifs is 1. The number of thiophene rings is 1. The summed E-state index contributed by atoms with van der Waals surface area (Å²) in [6.07, 6.45) is 4.21. The molecule has 28 heavy (non-hydrogen) atoms. The van der Waals surface area contributed by atoms with Gasteiger partial charge in [-0.15, -0.1) is 23.1 Å². The molecule has 1 aliphatic carbocycles. The molecule has 4 rings (SSSR count). The number of carbonyl (C=O) groups is 1. The molecule has 0 saturated carbocycles. The zero-order valence-electron chi connectivity index (χ0n) is 15.4. The smallest absolute Gasteiger partial charge is 0.243 e. The highest BCUT2D eigenvalue weighted by molar-refractivity contribution is 8.00. The average molecular weight is 405 g/mol. The maximum Gasteiger partial charge on any atom is 0.243 e. The molecule has 0 bridgehead atoms. The minimum absolute atomic E-state index is 0.0878. The van der Waals surface area contributed by atoms with Crippen molar-refractivity contribution in [3.63, 3.8) is 0 Å². The van der Waals surface area contributed by atoms with E-state index in [9.17, 15) is 10.1 Å². The van der Waals surface area contributed by atoms with Gasteiger partial charge in [0.2, 0.25) is 5.91 Å². The van der Waals surface area contributed by atoms with Crippen molar-refractivity contribution in [3.8, 4) is 6.07 Å². The summed E-state index contributed by atoms with van der Waals surface area (Å²) >= 11 is 3.10. The van der Waals surface area contributed by atoms with Crippen molar-refractivity contribution in [3.05, 3.63) is 82.2 Å². The van der Waals surface area contributed by atoms with Crippen LogP contribution in [-0.2, 0) is 17.6 Å². The van der Waals surface area contributed by atoms with Crippen LogP contribution in [0.25, 0.3) is 0 Å². The van der Waals surface area contributed by atoms with Crippen LogP contribution in [0.15, 0.2) is 65.6 Å². The maximum absolute atomic E-state index is 13.3. The van der Waals surface area contributed by atoms with Gasteiger partial charge in [0.25, 0.3) is 0 Å². The molecule has 3 aromatic rings. The van der Waals surface area contributed by atoms with Gasteiger partial charge in [-0.2, -0.15) is 5.26 Å². The Morgan fingerprint density at radius 2 is 1.71 bits per heavy atom. The van der Waals surface area contributed by atoms with Crippen LogP contribution in [0.1, 0.15) is 39.7 Å². The summed E-state index contributed by atoms with van der Waals surface area (Å²) in [5.41, 5.74) is 2.75. The fraction of sp³-hybridized carbons (Fsp3) is 0.217. The monoisotopic (exact) mass is 404 g/mol. The first-order valence-electron chi connectivity index (χ1n) is 9.38. The molecule has 1 aromatic heterocycles. The molecule has 3 nitrogen and oxygen atoms in total. The van der Waals surface area contributed by atoms with Gasteiger partial charge in [-0.25, -0.2) is 0 Å². The summed E-state index contributed by atoms with van der Waals surface area (Å²) in [4.78, 5) is 15.6. The van der Waals surface area contributed by atoms with Gasteiger partial charge in [0, 0.05) is 9.77 Å². The van der Waals surface area contributed by atoms with Crippen LogP contribution >= 0.6 is 23.1 Å². The third-order valence-corrected chi connectivity index (χ3v) is 7.33. The molecule has 140 valence electrons. The van der Waals surface area contributed by atoms with Crippen LogP contribution in [0.3, 0.4) is 0 Å². The molecule has 0 fully saturated rings. The predicted molar refractivity (Wildman–Crippen MR) is 116 cm³/mol. The van der Waals surface area contributed by atoms with Gasteiger partial charge in [0.1, 0.15) is 16.3 Å². The van der Waals surface area contributed by atoms with Gasteiger partial charge < -0.3 is 5.32 Å². The van der Waals surface area contributed by atoms with Crippen LogP contribution in [0.4, 0.5) is 5.00 Å². The predicted octanol–water partition coefficient (Wildman–Crippen LogP) is 5.97. The first kappa shape index (κ1) is 18.8. The lowest BCUT2D eigenvalue weighted by Gasteiger charge is -2.16. The second-order valence-electron chi connectivity index (χ2n) is 6.74. The van der Waals surface area contributed by atoms with Crippen LogP contribution in [0.5, 0.6) is 0 Å². The fourth-order valence-electron chi connectivity index (χ4n) is 3.49. The molecular weight excluding hydrogens is 384 g/mol. The number of rotatable bonds is 5. The van der Waals surface area contributed by atoms with Crippen LogP contribution in [-0.4, -0.2) is 5.91 Å². The van der Waals surface area contributed by atoms with E-state index < -0.39 is 0 Å². The molecule has 1 N–H and O–H groups in total. The quantitative estimate of drug-likeness (QED) is 0.533. The van der Waals surface area contributed by atoms with E-state index in [1.807, 2.05) is 60.7 Å². The Kier molecular flexibility index (Phi) is 5.80. The Morgan fingerprint density at radius 3 is 2.43 bits per heavy atom. The molecule has 0 spiro atoms. The third kappa shape index (κ3) is 3.99. The highest BCUT2D eigenvalue weighted by Gasteiger charge is 2.26. The Balaban J connectivity index is 1.63. The number of carbonyl (C=O) groups excluding carboxylic acids is 1. The number of benzene rings is 2. The Hall–Kier alpha value is -2.55. The van der Waals surface area contributed by atoms with E-state index in [0.717, 1.165) is 41.7 Å². The second-order valence-corrected chi connectivity index (χ2v) is 9.02. The minimum Gasteiger partial charge on any atom is -0.315 e. The van der Waals surface area contributed by atoms with Crippen LogP contribution in [0.2, 0.25) is 0 Å². The zero-order chi connectivity index (χ0) is 19.3. The Morgan fingerprint density at radius 1 is 1.04 bits per heavy atom. The summed E-state index contributed by atoms with van der Waals surface area (Å²) in [6, 6.07) is 22.1. The normalized spacial score (nSPS) is 14.0. The summed E-state index contributed by atoms with van der Waals surface area (Å²) < 4.78 is 0. The number of nitrogens with zero attached hydrogens (tertiary/aromatic N) is 1. The van der Waals surface area contributed by atoms with Crippen LogP contribution < -0.4 is 5.32 Å². The topological polar surface area (TPSA) is 52.9 Å². The molecule has 1 amide bonds.